The molecular formula is C10H16BrN3O. The number of aromatic nitrogens is 1. The van der Waals surface area contributed by atoms with Crippen molar-refractivity contribution in [3.63, 3.8) is 0 Å². The van der Waals surface area contributed by atoms with Gasteiger partial charge in [0.15, 0.2) is 0 Å². The first-order chi connectivity index (χ1) is 7.24. The third kappa shape index (κ3) is 4.59. The fourth-order valence-corrected chi connectivity index (χ4v) is 1.58. The van der Waals surface area contributed by atoms with Crippen LogP contribution in [0.3, 0.4) is 0 Å². The van der Waals surface area contributed by atoms with Crippen molar-refractivity contribution in [2.45, 2.75) is 12.5 Å². The second-order valence-corrected chi connectivity index (χ2v) is 4.12. The molecule has 1 atom stereocenters. The second kappa shape index (κ2) is 6.76. The molecule has 84 valence electrons. The van der Waals surface area contributed by atoms with E-state index >= 15 is 0 Å². The lowest BCUT2D eigenvalue weighted by molar-refractivity contribution is 0.178. The van der Waals surface area contributed by atoms with Crippen molar-refractivity contribution in [2.75, 3.05) is 25.6 Å². The zero-order chi connectivity index (χ0) is 11.1. The van der Waals surface area contributed by atoms with E-state index in [2.05, 4.69) is 26.2 Å². The summed E-state index contributed by atoms with van der Waals surface area (Å²) >= 11 is 3.41. The Morgan fingerprint density at radius 1 is 1.67 bits per heavy atom. The maximum atomic E-state index is 5.79. The molecule has 1 aromatic rings. The summed E-state index contributed by atoms with van der Waals surface area (Å²) in [6, 6.07) is 3.90. The number of methoxy groups -OCH3 is 1. The Bertz CT molecular complexity index is 296. The Kier molecular flexibility index (Phi) is 5.60. The van der Waals surface area contributed by atoms with E-state index < -0.39 is 0 Å². The minimum atomic E-state index is 0.0741. The highest BCUT2D eigenvalue weighted by molar-refractivity contribution is 9.10. The van der Waals surface area contributed by atoms with Gasteiger partial charge in [0.1, 0.15) is 5.82 Å². The Morgan fingerprint density at radius 3 is 3.13 bits per heavy atom. The average Bonchev–Trinajstić information content (AvgIpc) is 2.21. The molecule has 0 saturated carbocycles. The maximum absolute atomic E-state index is 5.79. The first kappa shape index (κ1) is 12.4. The number of nitrogens with one attached hydrogen (secondary N) is 1. The predicted molar refractivity (Wildman–Crippen MR) is 64.9 cm³/mol. The van der Waals surface area contributed by atoms with Gasteiger partial charge in [-0.05, 0) is 34.5 Å². The standard InChI is InChI=1S/C10H16BrN3O/c1-15-7-8(12)4-6-14-10-9(11)3-2-5-13-10/h2-3,5,8H,4,6-7,12H2,1H3,(H,13,14). The lowest BCUT2D eigenvalue weighted by Gasteiger charge is -2.11. The average molecular weight is 274 g/mol. The summed E-state index contributed by atoms with van der Waals surface area (Å²) in [5.74, 6) is 0.849. The molecule has 1 rings (SSSR count). The van der Waals surface area contributed by atoms with Crippen LogP contribution in [0.1, 0.15) is 6.42 Å². The van der Waals surface area contributed by atoms with Gasteiger partial charge in [-0.15, -0.1) is 0 Å². The first-order valence-electron chi connectivity index (χ1n) is 4.83. The van der Waals surface area contributed by atoms with Crippen molar-refractivity contribution in [3.8, 4) is 0 Å². The molecule has 0 radical (unpaired) electrons. The third-order valence-electron chi connectivity index (χ3n) is 1.95. The van der Waals surface area contributed by atoms with Gasteiger partial charge in [0.05, 0.1) is 11.1 Å². The molecule has 4 nitrogen and oxygen atoms in total. The Morgan fingerprint density at radius 2 is 2.47 bits per heavy atom. The summed E-state index contributed by atoms with van der Waals surface area (Å²) in [6.07, 6.45) is 2.61. The normalized spacial score (nSPS) is 12.5. The van der Waals surface area contributed by atoms with Crippen LogP contribution in [-0.2, 0) is 4.74 Å². The van der Waals surface area contributed by atoms with Crippen molar-refractivity contribution in [2.24, 2.45) is 5.73 Å². The quantitative estimate of drug-likeness (QED) is 0.827. The summed E-state index contributed by atoms with van der Waals surface area (Å²) in [4.78, 5) is 4.19. The maximum Gasteiger partial charge on any atom is 0.140 e. The van der Waals surface area contributed by atoms with E-state index in [1.165, 1.54) is 0 Å². The summed E-state index contributed by atoms with van der Waals surface area (Å²) < 4.78 is 5.92. The molecule has 0 bridgehead atoms. The van der Waals surface area contributed by atoms with Gasteiger partial charge in [-0.3, -0.25) is 0 Å². The number of pyridine rings is 1. The lowest BCUT2D eigenvalue weighted by atomic mass is 10.2. The van der Waals surface area contributed by atoms with Gasteiger partial charge in [-0.1, -0.05) is 0 Å². The molecule has 1 aromatic heterocycles. The van der Waals surface area contributed by atoms with Crippen LogP contribution in [0.5, 0.6) is 0 Å². The number of rotatable bonds is 6. The minimum absolute atomic E-state index is 0.0741. The summed E-state index contributed by atoms with van der Waals surface area (Å²) in [7, 11) is 1.66. The fourth-order valence-electron chi connectivity index (χ4n) is 1.19. The van der Waals surface area contributed by atoms with Crippen LogP contribution in [0.4, 0.5) is 5.82 Å². The number of halogens is 1. The molecule has 1 heterocycles. The van der Waals surface area contributed by atoms with Crippen LogP contribution >= 0.6 is 15.9 Å². The minimum Gasteiger partial charge on any atom is -0.383 e. The van der Waals surface area contributed by atoms with Crippen molar-refractivity contribution >= 4 is 21.7 Å². The molecule has 5 heteroatoms. The number of nitrogens with two attached hydrogens (primary N) is 1. The van der Waals surface area contributed by atoms with Gasteiger partial charge < -0.3 is 15.8 Å². The number of nitrogens with zero attached hydrogens (tertiary/aromatic N) is 1. The van der Waals surface area contributed by atoms with Gasteiger partial charge >= 0.3 is 0 Å². The van der Waals surface area contributed by atoms with Crippen LogP contribution in [0.2, 0.25) is 0 Å². The topological polar surface area (TPSA) is 60.2 Å². The van der Waals surface area contributed by atoms with E-state index in [0.717, 1.165) is 23.3 Å². The molecule has 0 spiro atoms. The molecule has 0 aliphatic heterocycles. The SMILES string of the molecule is COCC(N)CCNc1ncccc1Br. The Labute approximate surface area is 98.3 Å². The number of anilines is 1. The molecule has 15 heavy (non-hydrogen) atoms. The summed E-state index contributed by atoms with van der Waals surface area (Å²) in [6.45, 7) is 1.38. The molecule has 0 amide bonds. The molecule has 0 aliphatic carbocycles. The lowest BCUT2D eigenvalue weighted by Crippen LogP contribution is -2.28. The van der Waals surface area contributed by atoms with Crippen LogP contribution in [0.15, 0.2) is 22.8 Å². The van der Waals surface area contributed by atoms with E-state index in [1.807, 2.05) is 12.1 Å². The Balaban J connectivity index is 2.29. The molecule has 1 unspecified atom stereocenters. The molecule has 0 fully saturated rings. The van der Waals surface area contributed by atoms with Gasteiger partial charge in [0, 0.05) is 25.9 Å². The third-order valence-corrected chi connectivity index (χ3v) is 2.59. The van der Waals surface area contributed by atoms with E-state index in [0.29, 0.717) is 6.61 Å². The number of ether oxygens (including phenoxy) is 1. The zero-order valence-electron chi connectivity index (χ0n) is 8.74. The first-order valence-corrected chi connectivity index (χ1v) is 5.62. The highest BCUT2D eigenvalue weighted by Gasteiger charge is 2.02. The molecule has 3 N–H and O–H groups in total. The molecule has 0 aromatic carbocycles. The van der Waals surface area contributed by atoms with Crippen LogP contribution in [0.25, 0.3) is 0 Å². The highest BCUT2D eigenvalue weighted by atomic mass is 79.9. The van der Waals surface area contributed by atoms with E-state index in [1.54, 1.807) is 13.3 Å². The van der Waals surface area contributed by atoms with E-state index in [4.69, 9.17) is 10.5 Å². The second-order valence-electron chi connectivity index (χ2n) is 3.26. The molecule has 0 saturated heterocycles. The van der Waals surface area contributed by atoms with Crippen LogP contribution in [-0.4, -0.2) is 31.3 Å². The van der Waals surface area contributed by atoms with Gasteiger partial charge in [-0.2, -0.15) is 0 Å². The summed E-state index contributed by atoms with van der Waals surface area (Å²) in [5, 5.41) is 3.21. The number of hydrogen-bond acceptors (Lipinski definition) is 4. The highest BCUT2D eigenvalue weighted by Crippen LogP contribution is 2.17. The van der Waals surface area contributed by atoms with Gasteiger partial charge in [0.2, 0.25) is 0 Å². The van der Waals surface area contributed by atoms with Gasteiger partial charge in [0.25, 0.3) is 0 Å². The van der Waals surface area contributed by atoms with Crippen LogP contribution < -0.4 is 11.1 Å². The Hall–Kier alpha value is -0.650. The van der Waals surface area contributed by atoms with Crippen LogP contribution in [0, 0.1) is 0 Å². The monoisotopic (exact) mass is 273 g/mol. The van der Waals surface area contributed by atoms with E-state index in [-0.39, 0.29) is 6.04 Å². The van der Waals surface area contributed by atoms with Crippen molar-refractivity contribution in [1.82, 2.24) is 4.98 Å². The largest absolute Gasteiger partial charge is 0.383 e. The number of hydrogen-bond donors (Lipinski definition) is 2. The molecule has 0 aliphatic rings. The smallest absolute Gasteiger partial charge is 0.140 e. The summed E-state index contributed by atoms with van der Waals surface area (Å²) in [5.41, 5.74) is 5.79. The van der Waals surface area contributed by atoms with E-state index in [9.17, 15) is 0 Å². The predicted octanol–water partition coefficient (Wildman–Crippen LogP) is 1.62. The van der Waals surface area contributed by atoms with Crippen molar-refractivity contribution < 1.29 is 4.74 Å². The van der Waals surface area contributed by atoms with Crippen molar-refractivity contribution in [1.29, 1.82) is 0 Å². The zero-order valence-corrected chi connectivity index (χ0v) is 10.3. The van der Waals surface area contributed by atoms with Crippen molar-refractivity contribution in [3.05, 3.63) is 22.8 Å². The van der Waals surface area contributed by atoms with Gasteiger partial charge in [-0.25, -0.2) is 4.98 Å². The fraction of sp³-hybridized carbons (Fsp3) is 0.500. The molecular weight excluding hydrogens is 258 g/mol.